The highest BCUT2D eigenvalue weighted by Gasteiger charge is 2.23. The fourth-order valence-corrected chi connectivity index (χ4v) is 5.83. The molecule has 0 unspecified atom stereocenters. The van der Waals surface area contributed by atoms with Crippen LogP contribution in [-0.4, -0.2) is 33.1 Å². The number of H-pyrrole nitrogens is 2. The van der Waals surface area contributed by atoms with E-state index in [9.17, 15) is 14.0 Å². The number of carbonyl (C=O) groups excluding carboxylic acids is 1. The summed E-state index contributed by atoms with van der Waals surface area (Å²) >= 11 is 6.81. The minimum Gasteiger partial charge on any atom is -0.494 e. The van der Waals surface area contributed by atoms with Crippen molar-refractivity contribution in [2.24, 2.45) is 0 Å². The Kier molecular flexibility index (Phi) is 8.13. The third-order valence-corrected chi connectivity index (χ3v) is 7.96. The Hall–Kier alpha value is -5.02. The maximum atomic E-state index is 14.4. The molecule has 44 heavy (non-hydrogen) atoms. The van der Waals surface area contributed by atoms with Crippen molar-refractivity contribution in [2.75, 3.05) is 7.11 Å². The summed E-state index contributed by atoms with van der Waals surface area (Å²) in [5.41, 5.74) is 4.68. The molecule has 0 aliphatic heterocycles. The fourth-order valence-electron chi connectivity index (χ4n) is 5.55. The number of hydrogen-bond acceptors (Lipinski definition) is 6. The van der Waals surface area contributed by atoms with E-state index < -0.39 is 11.6 Å². The lowest BCUT2D eigenvalue weighted by atomic mass is 9.87. The van der Waals surface area contributed by atoms with Crippen molar-refractivity contribution in [3.63, 3.8) is 0 Å². The average Bonchev–Trinajstić information content (AvgIpc) is 3.66. The zero-order valence-corrected chi connectivity index (χ0v) is 24.7. The van der Waals surface area contributed by atoms with Crippen LogP contribution in [0.2, 0.25) is 5.02 Å². The van der Waals surface area contributed by atoms with Gasteiger partial charge in [0.15, 0.2) is 17.3 Å². The molecule has 0 radical (unpaired) electrons. The number of hydrogen-bond donors (Lipinski definition) is 2. The number of fused-ring (bicyclic) bond motifs is 1. The molecular weight excluding hydrogens is 583 g/mol. The highest BCUT2D eigenvalue weighted by molar-refractivity contribution is 6.34. The Balaban J connectivity index is 1.46. The molecular formula is C34H28ClFN4O4. The smallest absolute Gasteiger partial charge is 0.434 e. The van der Waals surface area contributed by atoms with Crippen LogP contribution in [0, 0.1) is 5.82 Å². The van der Waals surface area contributed by atoms with Gasteiger partial charge in [-0.2, -0.15) is 0 Å². The molecule has 2 aromatic heterocycles. The summed E-state index contributed by atoms with van der Waals surface area (Å²) in [6.45, 7) is 2.10. The number of benzene rings is 4. The van der Waals surface area contributed by atoms with Gasteiger partial charge in [-0.1, -0.05) is 79.5 Å². The number of nitrogens with one attached hydrogen (secondary N) is 2. The molecule has 0 saturated heterocycles. The third kappa shape index (κ3) is 5.66. The van der Waals surface area contributed by atoms with Crippen molar-refractivity contribution in [2.45, 2.75) is 32.1 Å². The van der Waals surface area contributed by atoms with Gasteiger partial charge in [0.2, 0.25) is 5.89 Å². The van der Waals surface area contributed by atoms with Crippen LogP contribution < -0.4 is 10.5 Å². The van der Waals surface area contributed by atoms with E-state index in [1.807, 2.05) is 36.4 Å². The average molecular weight is 611 g/mol. The largest absolute Gasteiger partial charge is 0.494 e. The van der Waals surface area contributed by atoms with Crippen molar-refractivity contribution >= 4 is 28.4 Å². The Bertz CT molecular complexity index is 2030. The normalized spacial score (nSPS) is 12.0. The van der Waals surface area contributed by atoms with Crippen LogP contribution in [0.4, 0.5) is 4.39 Å². The van der Waals surface area contributed by atoms with E-state index in [1.165, 1.54) is 19.2 Å². The second-order valence-corrected chi connectivity index (χ2v) is 10.9. The Labute approximate surface area is 256 Å². The summed E-state index contributed by atoms with van der Waals surface area (Å²) in [4.78, 5) is 33.5. The second kappa shape index (κ2) is 12.3. The van der Waals surface area contributed by atoms with Gasteiger partial charge in [-0.3, -0.25) is 4.79 Å². The lowest BCUT2D eigenvalue weighted by molar-refractivity contribution is 0.0972. The first-order valence-electron chi connectivity index (χ1n) is 14.2. The molecule has 222 valence electrons. The number of aromatic amines is 2. The first-order chi connectivity index (χ1) is 21.4. The maximum absolute atomic E-state index is 14.4. The van der Waals surface area contributed by atoms with E-state index >= 15 is 0 Å². The van der Waals surface area contributed by atoms with E-state index in [0.717, 1.165) is 18.4 Å². The molecule has 0 saturated carbocycles. The molecule has 0 amide bonds. The van der Waals surface area contributed by atoms with Crippen LogP contribution in [-0.2, 0) is 0 Å². The summed E-state index contributed by atoms with van der Waals surface area (Å²) in [6, 6.07) is 23.4. The van der Waals surface area contributed by atoms with Crippen molar-refractivity contribution in [3.8, 4) is 39.7 Å². The molecule has 0 bridgehead atoms. The van der Waals surface area contributed by atoms with Crippen LogP contribution in [0.5, 0.6) is 5.75 Å². The number of ketones is 1. The standard InChI is InChI=1S/C34H28ClFN4O4/c1-3-8-20(19-9-5-4-6-10-19)16-29(41)21-13-14-22(24(15-21)33-39-40-34(42)44-33)31-23(11-7-12-25(31)35)32-37-27-17-26(36)30(43-2)18-28(27)38-32/h4-7,9-15,17-18,20H,3,8,16H2,1-2H3,(H,37,38)(H,40,42)/t20-/m0/s1. The molecule has 4 aromatic carbocycles. The van der Waals surface area contributed by atoms with E-state index in [4.69, 9.17) is 20.8 Å². The summed E-state index contributed by atoms with van der Waals surface area (Å²) in [7, 11) is 1.39. The lowest BCUT2D eigenvalue weighted by Gasteiger charge is -2.17. The molecule has 0 aliphatic carbocycles. The van der Waals surface area contributed by atoms with Crippen LogP contribution in [0.15, 0.2) is 88.1 Å². The molecule has 10 heteroatoms. The van der Waals surface area contributed by atoms with E-state index in [2.05, 4.69) is 27.1 Å². The summed E-state index contributed by atoms with van der Waals surface area (Å²) < 4.78 is 24.9. The first-order valence-corrected chi connectivity index (χ1v) is 14.5. The maximum Gasteiger partial charge on any atom is 0.434 e. The van der Waals surface area contributed by atoms with Gasteiger partial charge in [-0.05, 0) is 35.6 Å². The predicted octanol–water partition coefficient (Wildman–Crippen LogP) is 8.20. The molecule has 0 aliphatic rings. The van der Waals surface area contributed by atoms with Crippen LogP contribution >= 0.6 is 11.6 Å². The van der Waals surface area contributed by atoms with Gasteiger partial charge in [-0.25, -0.2) is 19.3 Å². The predicted molar refractivity (Wildman–Crippen MR) is 168 cm³/mol. The van der Waals surface area contributed by atoms with Gasteiger partial charge in [0, 0.05) is 45.8 Å². The highest BCUT2D eigenvalue weighted by Crippen LogP contribution is 2.42. The Morgan fingerprint density at radius 2 is 1.84 bits per heavy atom. The quantitative estimate of drug-likeness (QED) is 0.151. The Morgan fingerprint density at radius 1 is 1.02 bits per heavy atom. The van der Waals surface area contributed by atoms with E-state index in [-0.39, 0.29) is 23.3 Å². The van der Waals surface area contributed by atoms with Crippen LogP contribution in [0.3, 0.4) is 0 Å². The molecule has 2 heterocycles. The summed E-state index contributed by atoms with van der Waals surface area (Å²) in [6.07, 6.45) is 2.12. The van der Waals surface area contributed by atoms with Gasteiger partial charge in [-0.15, -0.1) is 5.10 Å². The SMILES string of the molecule is CCC[C@@H](CC(=O)c1ccc(-c2c(Cl)cccc2-c2nc3cc(OC)c(F)cc3[nH]2)c(-c2n[nH]c(=O)o2)c1)c1ccccc1. The number of imidazole rings is 1. The number of ether oxygens (including phenoxy) is 1. The second-order valence-electron chi connectivity index (χ2n) is 10.5. The number of nitrogens with zero attached hydrogens (tertiary/aromatic N) is 2. The summed E-state index contributed by atoms with van der Waals surface area (Å²) in [5, 5.41) is 6.76. The molecule has 2 N–H and O–H groups in total. The molecule has 0 spiro atoms. The summed E-state index contributed by atoms with van der Waals surface area (Å²) in [5.74, 6) is -0.725. The van der Waals surface area contributed by atoms with Gasteiger partial charge in [0.25, 0.3) is 0 Å². The zero-order valence-electron chi connectivity index (χ0n) is 24.0. The highest BCUT2D eigenvalue weighted by atomic mass is 35.5. The topological polar surface area (TPSA) is 114 Å². The molecule has 8 nitrogen and oxygen atoms in total. The van der Waals surface area contributed by atoms with Gasteiger partial charge >= 0.3 is 5.76 Å². The van der Waals surface area contributed by atoms with E-state index in [0.29, 0.717) is 56.1 Å². The minimum absolute atomic E-state index is 0.00935. The van der Waals surface area contributed by atoms with Gasteiger partial charge < -0.3 is 14.1 Å². The van der Waals surface area contributed by atoms with Crippen LogP contribution in [0.25, 0.3) is 45.0 Å². The number of rotatable bonds is 10. The molecule has 1 atom stereocenters. The number of carbonyl (C=O) groups is 1. The zero-order chi connectivity index (χ0) is 30.8. The Morgan fingerprint density at radius 3 is 2.57 bits per heavy atom. The van der Waals surface area contributed by atoms with E-state index in [1.54, 1.807) is 30.3 Å². The molecule has 6 rings (SSSR count). The third-order valence-electron chi connectivity index (χ3n) is 7.64. The number of Topliss-reactive ketones (excluding diaryl/α,β-unsaturated/α-hetero) is 1. The molecule has 0 fully saturated rings. The van der Waals surface area contributed by atoms with Crippen molar-refractivity contribution < 1.29 is 18.3 Å². The monoisotopic (exact) mass is 610 g/mol. The number of halogens is 2. The van der Waals surface area contributed by atoms with Crippen molar-refractivity contribution in [1.29, 1.82) is 0 Å². The van der Waals surface area contributed by atoms with Gasteiger partial charge in [0.05, 0.1) is 18.1 Å². The van der Waals surface area contributed by atoms with Crippen LogP contribution in [0.1, 0.15) is 48.0 Å². The first kappa shape index (κ1) is 29.1. The van der Waals surface area contributed by atoms with Gasteiger partial charge in [0.1, 0.15) is 5.82 Å². The minimum atomic E-state index is -0.734. The molecule has 6 aromatic rings. The lowest BCUT2D eigenvalue weighted by Crippen LogP contribution is -2.08. The number of methoxy groups -OCH3 is 1. The number of aromatic nitrogens is 4. The fraction of sp³-hybridized carbons (Fsp3) is 0.176. The van der Waals surface area contributed by atoms with Crippen molar-refractivity contribution in [3.05, 3.63) is 111 Å². The van der Waals surface area contributed by atoms with Crippen molar-refractivity contribution in [1.82, 2.24) is 20.2 Å².